The van der Waals surface area contributed by atoms with E-state index >= 15 is 0 Å². The van der Waals surface area contributed by atoms with Gasteiger partial charge in [-0.05, 0) is 31.2 Å². The van der Waals surface area contributed by atoms with Crippen molar-refractivity contribution in [1.82, 2.24) is 19.2 Å². The summed E-state index contributed by atoms with van der Waals surface area (Å²) in [5, 5.41) is 2.84. The molecular formula is C21H24N4O4S. The van der Waals surface area contributed by atoms with Gasteiger partial charge in [-0.25, -0.2) is 13.4 Å². The molecule has 0 saturated carbocycles. The van der Waals surface area contributed by atoms with Gasteiger partial charge in [-0.15, -0.1) is 0 Å². The number of hydrogen-bond donors (Lipinski definition) is 1. The molecule has 1 N–H and O–H groups in total. The highest BCUT2D eigenvalue weighted by Gasteiger charge is 2.30. The summed E-state index contributed by atoms with van der Waals surface area (Å²) in [5.74, 6) is 0.276. The maximum absolute atomic E-state index is 13.1. The Bertz CT molecular complexity index is 1170. The summed E-state index contributed by atoms with van der Waals surface area (Å²) in [6.07, 6.45) is 0. The predicted molar refractivity (Wildman–Crippen MR) is 113 cm³/mol. The van der Waals surface area contributed by atoms with Gasteiger partial charge in [0.15, 0.2) is 0 Å². The van der Waals surface area contributed by atoms with Crippen LogP contribution in [0, 0.1) is 0 Å². The molecule has 0 unspecified atom stereocenters. The third-order valence-electron chi connectivity index (χ3n) is 5.18. The number of nitrogens with one attached hydrogen (secondary N) is 1. The quantitative estimate of drug-likeness (QED) is 0.648. The molecule has 158 valence electrons. The lowest BCUT2D eigenvalue weighted by Gasteiger charge is -2.26. The standard InChI is InChI=1S/C21H24N4O4S/c1-2-25-18-9-5-4-8-17(18)23-20(25)15-22-21(26)16-7-3-6-10-19(16)30(27,28)24-11-13-29-14-12-24/h3-10H,2,11-15H2,1H3,(H,22,26). The fourth-order valence-corrected chi connectivity index (χ4v) is 5.27. The fraction of sp³-hybridized carbons (Fsp3) is 0.333. The van der Waals surface area contributed by atoms with Crippen LogP contribution in [0.2, 0.25) is 0 Å². The molecule has 2 heterocycles. The highest BCUT2D eigenvalue weighted by atomic mass is 32.2. The smallest absolute Gasteiger partial charge is 0.253 e. The van der Waals surface area contributed by atoms with Gasteiger partial charge < -0.3 is 14.6 Å². The summed E-state index contributed by atoms with van der Waals surface area (Å²) < 4.78 is 34.8. The van der Waals surface area contributed by atoms with Crippen molar-refractivity contribution in [3.63, 3.8) is 0 Å². The lowest BCUT2D eigenvalue weighted by molar-refractivity contribution is 0.0729. The van der Waals surface area contributed by atoms with Gasteiger partial charge in [-0.2, -0.15) is 4.31 Å². The second-order valence-corrected chi connectivity index (χ2v) is 8.86. The van der Waals surface area contributed by atoms with Crippen LogP contribution < -0.4 is 5.32 Å². The number of aryl methyl sites for hydroxylation is 1. The van der Waals surface area contributed by atoms with Crippen LogP contribution in [0.4, 0.5) is 0 Å². The van der Waals surface area contributed by atoms with E-state index in [9.17, 15) is 13.2 Å². The van der Waals surface area contributed by atoms with Crippen molar-refractivity contribution in [3.05, 3.63) is 59.9 Å². The van der Waals surface area contributed by atoms with E-state index in [1.54, 1.807) is 12.1 Å². The number of ether oxygens (including phenoxy) is 1. The SMILES string of the molecule is CCn1c(CNC(=O)c2ccccc2S(=O)(=O)N2CCOCC2)nc2ccccc21. The minimum Gasteiger partial charge on any atom is -0.379 e. The summed E-state index contributed by atoms with van der Waals surface area (Å²) in [7, 11) is -3.78. The number of aromatic nitrogens is 2. The molecule has 1 aliphatic heterocycles. The second kappa shape index (κ2) is 8.55. The lowest BCUT2D eigenvalue weighted by atomic mass is 10.2. The largest absolute Gasteiger partial charge is 0.379 e. The zero-order valence-corrected chi connectivity index (χ0v) is 17.6. The topological polar surface area (TPSA) is 93.5 Å². The summed E-state index contributed by atoms with van der Waals surface area (Å²) in [5.41, 5.74) is 1.99. The van der Waals surface area contributed by atoms with Crippen molar-refractivity contribution < 1.29 is 17.9 Å². The van der Waals surface area contributed by atoms with E-state index in [0.29, 0.717) is 19.8 Å². The monoisotopic (exact) mass is 428 g/mol. The van der Waals surface area contributed by atoms with Crippen molar-refractivity contribution in [1.29, 1.82) is 0 Å². The van der Waals surface area contributed by atoms with Gasteiger partial charge in [0.05, 0.1) is 41.3 Å². The van der Waals surface area contributed by atoms with Gasteiger partial charge in [-0.3, -0.25) is 4.79 Å². The van der Waals surface area contributed by atoms with Crippen LogP contribution in [0.25, 0.3) is 11.0 Å². The zero-order chi connectivity index (χ0) is 21.1. The van der Waals surface area contributed by atoms with Crippen molar-refractivity contribution in [2.45, 2.75) is 24.9 Å². The molecule has 1 aromatic heterocycles. The molecule has 8 nitrogen and oxygen atoms in total. The Morgan fingerprint density at radius 2 is 1.80 bits per heavy atom. The van der Waals surface area contributed by atoms with Gasteiger partial charge in [0.2, 0.25) is 10.0 Å². The van der Waals surface area contributed by atoms with Crippen LogP contribution in [-0.4, -0.2) is 54.5 Å². The Balaban J connectivity index is 1.58. The van der Waals surface area contributed by atoms with Gasteiger partial charge in [-0.1, -0.05) is 24.3 Å². The third kappa shape index (κ3) is 3.83. The van der Waals surface area contributed by atoms with Crippen LogP contribution >= 0.6 is 0 Å². The number of amides is 1. The minimum absolute atomic E-state index is 0.00777. The number of benzene rings is 2. The number of imidazole rings is 1. The summed E-state index contributed by atoms with van der Waals surface area (Å²) >= 11 is 0. The van der Waals surface area contributed by atoms with Crippen LogP contribution in [0.3, 0.4) is 0 Å². The molecule has 4 rings (SSSR count). The van der Waals surface area contributed by atoms with Crippen molar-refractivity contribution >= 4 is 27.0 Å². The Morgan fingerprint density at radius 3 is 2.57 bits per heavy atom. The minimum atomic E-state index is -3.78. The van der Waals surface area contributed by atoms with Crippen molar-refractivity contribution in [2.75, 3.05) is 26.3 Å². The van der Waals surface area contributed by atoms with Gasteiger partial charge in [0.1, 0.15) is 5.82 Å². The second-order valence-electron chi connectivity index (χ2n) is 6.96. The average molecular weight is 429 g/mol. The number of hydrogen-bond acceptors (Lipinski definition) is 5. The molecule has 1 amide bonds. The number of carbonyl (C=O) groups is 1. The first-order valence-corrected chi connectivity index (χ1v) is 11.4. The third-order valence-corrected chi connectivity index (χ3v) is 7.13. The van der Waals surface area contributed by atoms with Gasteiger partial charge in [0.25, 0.3) is 5.91 Å². The fourth-order valence-electron chi connectivity index (χ4n) is 3.67. The number of para-hydroxylation sites is 2. The molecule has 0 aliphatic carbocycles. The Kier molecular flexibility index (Phi) is 5.85. The van der Waals surface area contributed by atoms with E-state index in [1.807, 2.05) is 35.8 Å². The molecule has 0 spiro atoms. The first-order chi connectivity index (χ1) is 14.5. The molecule has 9 heteroatoms. The molecule has 0 bridgehead atoms. The first-order valence-electron chi connectivity index (χ1n) is 9.91. The van der Waals surface area contributed by atoms with E-state index in [4.69, 9.17) is 4.74 Å². The van der Waals surface area contributed by atoms with E-state index in [0.717, 1.165) is 16.9 Å². The number of carbonyl (C=O) groups excluding carboxylic acids is 1. The van der Waals surface area contributed by atoms with E-state index in [2.05, 4.69) is 10.3 Å². The molecule has 0 atom stereocenters. The van der Waals surface area contributed by atoms with Crippen molar-refractivity contribution in [2.24, 2.45) is 0 Å². The summed E-state index contributed by atoms with van der Waals surface area (Å²) in [6.45, 7) is 4.18. The van der Waals surface area contributed by atoms with E-state index in [-0.39, 0.29) is 30.1 Å². The number of morpholine rings is 1. The van der Waals surface area contributed by atoms with Gasteiger partial charge in [0, 0.05) is 19.6 Å². The molecule has 2 aromatic carbocycles. The maximum atomic E-state index is 13.1. The number of rotatable bonds is 6. The number of nitrogens with zero attached hydrogens (tertiary/aromatic N) is 3. The van der Waals surface area contributed by atoms with Crippen LogP contribution in [0.1, 0.15) is 23.1 Å². The van der Waals surface area contributed by atoms with Crippen LogP contribution in [0.5, 0.6) is 0 Å². The van der Waals surface area contributed by atoms with Crippen molar-refractivity contribution in [3.8, 4) is 0 Å². The predicted octanol–water partition coefficient (Wildman–Crippen LogP) is 2.01. The van der Waals surface area contributed by atoms with E-state index in [1.165, 1.54) is 16.4 Å². The zero-order valence-electron chi connectivity index (χ0n) is 16.7. The molecule has 1 saturated heterocycles. The highest BCUT2D eigenvalue weighted by Crippen LogP contribution is 2.22. The Labute approximate surface area is 175 Å². The van der Waals surface area contributed by atoms with E-state index < -0.39 is 15.9 Å². The molecule has 3 aromatic rings. The molecular weight excluding hydrogens is 404 g/mol. The average Bonchev–Trinajstić information content (AvgIpc) is 3.15. The van der Waals surface area contributed by atoms with Crippen LogP contribution in [-0.2, 0) is 27.8 Å². The molecule has 30 heavy (non-hydrogen) atoms. The Hall–Kier alpha value is -2.75. The molecule has 0 radical (unpaired) electrons. The first kappa shape index (κ1) is 20.5. The summed E-state index contributed by atoms with van der Waals surface area (Å²) in [6, 6.07) is 14.1. The lowest BCUT2D eigenvalue weighted by Crippen LogP contribution is -2.41. The molecule has 1 aliphatic rings. The highest BCUT2D eigenvalue weighted by molar-refractivity contribution is 7.89. The normalized spacial score (nSPS) is 15.4. The number of sulfonamides is 1. The van der Waals surface area contributed by atoms with Crippen LogP contribution in [0.15, 0.2) is 53.4 Å². The summed E-state index contributed by atoms with van der Waals surface area (Å²) in [4.78, 5) is 17.5. The van der Waals surface area contributed by atoms with Gasteiger partial charge >= 0.3 is 0 Å². The number of fused-ring (bicyclic) bond motifs is 1. The molecule has 1 fully saturated rings. The maximum Gasteiger partial charge on any atom is 0.253 e. The Morgan fingerprint density at radius 1 is 1.10 bits per heavy atom.